The molecule has 2 atom stereocenters. The molecule has 2 unspecified atom stereocenters. The van der Waals surface area contributed by atoms with E-state index in [0.29, 0.717) is 13.0 Å². The van der Waals surface area contributed by atoms with Crippen molar-refractivity contribution in [3.63, 3.8) is 0 Å². The summed E-state index contributed by atoms with van der Waals surface area (Å²) in [4.78, 5) is 14.0. The van der Waals surface area contributed by atoms with Gasteiger partial charge < -0.3 is 15.7 Å². The van der Waals surface area contributed by atoms with Crippen LogP contribution in [0.15, 0.2) is 30.3 Å². The van der Waals surface area contributed by atoms with Gasteiger partial charge in [0.25, 0.3) is 0 Å². The summed E-state index contributed by atoms with van der Waals surface area (Å²) in [5.41, 5.74) is 6.54. The lowest BCUT2D eigenvalue weighted by Gasteiger charge is -2.34. The molecule has 3 N–H and O–H groups in total. The first-order chi connectivity index (χ1) is 10.1. The van der Waals surface area contributed by atoms with Crippen molar-refractivity contribution in [3.05, 3.63) is 35.9 Å². The predicted octanol–water partition coefficient (Wildman–Crippen LogP) is 1.94. The molecule has 1 aliphatic rings. The van der Waals surface area contributed by atoms with E-state index in [1.54, 1.807) is 0 Å². The van der Waals surface area contributed by atoms with E-state index in [1.807, 2.05) is 42.2 Å². The van der Waals surface area contributed by atoms with Crippen molar-refractivity contribution >= 4 is 5.91 Å². The van der Waals surface area contributed by atoms with Crippen molar-refractivity contribution in [2.24, 2.45) is 17.6 Å². The SMILES string of the molecule is CC(CN)CC(=O)N1CCC(C(O)c2ccccc2)CC1. The summed E-state index contributed by atoms with van der Waals surface area (Å²) in [6, 6.07) is 9.78. The summed E-state index contributed by atoms with van der Waals surface area (Å²) < 4.78 is 0. The Morgan fingerprint density at radius 2 is 1.95 bits per heavy atom. The Labute approximate surface area is 126 Å². The van der Waals surface area contributed by atoms with Crippen LogP contribution in [-0.2, 0) is 4.79 Å². The number of nitrogens with two attached hydrogens (primary N) is 1. The fourth-order valence-corrected chi connectivity index (χ4v) is 2.90. The first-order valence-corrected chi connectivity index (χ1v) is 7.82. The number of amides is 1. The fraction of sp³-hybridized carbons (Fsp3) is 0.588. The molecular formula is C17H26N2O2. The maximum absolute atomic E-state index is 12.1. The van der Waals surface area contributed by atoms with Gasteiger partial charge in [0.1, 0.15) is 0 Å². The van der Waals surface area contributed by atoms with E-state index in [-0.39, 0.29) is 17.7 Å². The molecule has 0 aromatic heterocycles. The molecule has 0 radical (unpaired) electrons. The fourth-order valence-electron chi connectivity index (χ4n) is 2.90. The summed E-state index contributed by atoms with van der Waals surface area (Å²) >= 11 is 0. The van der Waals surface area contributed by atoms with Crippen molar-refractivity contribution in [2.75, 3.05) is 19.6 Å². The number of carbonyl (C=O) groups is 1. The number of aliphatic hydroxyl groups excluding tert-OH is 1. The molecule has 0 saturated carbocycles. The standard InChI is InChI=1S/C17H26N2O2/c1-13(12-18)11-16(20)19-9-7-15(8-10-19)17(21)14-5-3-2-4-6-14/h2-6,13,15,17,21H,7-12,18H2,1H3. The van der Waals surface area contributed by atoms with Crippen LogP contribution < -0.4 is 5.73 Å². The number of rotatable bonds is 5. The second kappa shape index (κ2) is 7.57. The predicted molar refractivity (Wildman–Crippen MR) is 83.5 cm³/mol. The third-order valence-corrected chi connectivity index (χ3v) is 4.41. The largest absolute Gasteiger partial charge is 0.388 e. The van der Waals surface area contributed by atoms with Crippen molar-refractivity contribution in [2.45, 2.75) is 32.3 Å². The first kappa shape index (κ1) is 16.0. The normalized spacial score (nSPS) is 19.3. The van der Waals surface area contributed by atoms with Gasteiger partial charge in [-0.2, -0.15) is 0 Å². The number of likely N-dealkylation sites (tertiary alicyclic amines) is 1. The lowest BCUT2D eigenvalue weighted by atomic mass is 9.87. The minimum absolute atomic E-state index is 0.195. The van der Waals surface area contributed by atoms with Crippen LogP contribution in [0.25, 0.3) is 0 Å². The summed E-state index contributed by atoms with van der Waals surface area (Å²) in [7, 11) is 0. The Kier molecular flexibility index (Phi) is 5.76. The van der Waals surface area contributed by atoms with Gasteiger partial charge in [0.15, 0.2) is 0 Å². The summed E-state index contributed by atoms with van der Waals surface area (Å²) in [6.07, 6.45) is 1.83. The third kappa shape index (κ3) is 4.29. The van der Waals surface area contributed by atoms with Crippen LogP contribution in [0.1, 0.15) is 37.9 Å². The molecule has 1 heterocycles. The van der Waals surface area contributed by atoms with Gasteiger partial charge >= 0.3 is 0 Å². The lowest BCUT2D eigenvalue weighted by Crippen LogP contribution is -2.40. The molecule has 0 spiro atoms. The van der Waals surface area contributed by atoms with E-state index in [9.17, 15) is 9.90 Å². The highest BCUT2D eigenvalue weighted by Gasteiger charge is 2.28. The van der Waals surface area contributed by atoms with Gasteiger partial charge in [-0.25, -0.2) is 0 Å². The van der Waals surface area contributed by atoms with Crippen molar-refractivity contribution in [1.29, 1.82) is 0 Å². The molecule has 21 heavy (non-hydrogen) atoms. The van der Waals surface area contributed by atoms with Crippen molar-refractivity contribution in [3.8, 4) is 0 Å². The van der Waals surface area contributed by atoms with E-state index < -0.39 is 6.10 Å². The zero-order valence-corrected chi connectivity index (χ0v) is 12.7. The minimum Gasteiger partial charge on any atom is -0.388 e. The van der Waals surface area contributed by atoms with Gasteiger partial charge in [-0.05, 0) is 36.8 Å². The summed E-state index contributed by atoms with van der Waals surface area (Å²) in [6.45, 7) is 4.04. The number of aliphatic hydroxyl groups is 1. The molecule has 116 valence electrons. The quantitative estimate of drug-likeness (QED) is 0.871. The van der Waals surface area contributed by atoms with Gasteiger partial charge in [0.2, 0.25) is 5.91 Å². The zero-order chi connectivity index (χ0) is 15.2. The highest BCUT2D eigenvalue weighted by atomic mass is 16.3. The average molecular weight is 290 g/mol. The van der Waals surface area contributed by atoms with E-state index >= 15 is 0 Å². The summed E-state index contributed by atoms with van der Waals surface area (Å²) in [5.74, 6) is 0.675. The molecular weight excluding hydrogens is 264 g/mol. The lowest BCUT2D eigenvalue weighted by molar-refractivity contribution is -0.134. The zero-order valence-electron chi connectivity index (χ0n) is 12.7. The van der Waals surface area contributed by atoms with Crippen LogP contribution in [0.5, 0.6) is 0 Å². The van der Waals surface area contributed by atoms with Gasteiger partial charge in [-0.15, -0.1) is 0 Å². The minimum atomic E-state index is -0.425. The molecule has 4 heteroatoms. The van der Waals surface area contributed by atoms with Crippen LogP contribution in [0, 0.1) is 11.8 Å². The van der Waals surface area contributed by atoms with Gasteiger partial charge in [0.05, 0.1) is 6.10 Å². The molecule has 2 rings (SSSR count). The number of piperidine rings is 1. The number of carbonyl (C=O) groups excluding carboxylic acids is 1. The Morgan fingerprint density at radius 1 is 1.33 bits per heavy atom. The maximum atomic E-state index is 12.1. The number of hydrogen-bond donors (Lipinski definition) is 2. The average Bonchev–Trinajstić information content (AvgIpc) is 2.55. The molecule has 1 aliphatic heterocycles. The second-order valence-electron chi connectivity index (χ2n) is 6.12. The molecule has 1 aromatic rings. The van der Waals surface area contributed by atoms with Crippen LogP contribution in [0.4, 0.5) is 0 Å². The monoisotopic (exact) mass is 290 g/mol. The van der Waals surface area contributed by atoms with Crippen LogP contribution in [0.2, 0.25) is 0 Å². The highest BCUT2D eigenvalue weighted by Crippen LogP contribution is 2.30. The molecule has 0 bridgehead atoms. The van der Waals surface area contributed by atoms with Gasteiger partial charge in [0, 0.05) is 19.5 Å². The molecule has 1 fully saturated rings. The number of benzene rings is 1. The number of hydrogen-bond acceptors (Lipinski definition) is 3. The Balaban J connectivity index is 1.84. The topological polar surface area (TPSA) is 66.6 Å². The number of nitrogens with zero attached hydrogens (tertiary/aromatic N) is 1. The molecule has 1 aromatic carbocycles. The maximum Gasteiger partial charge on any atom is 0.222 e. The van der Waals surface area contributed by atoms with Gasteiger partial charge in [-0.1, -0.05) is 37.3 Å². The molecule has 1 amide bonds. The molecule has 1 saturated heterocycles. The third-order valence-electron chi connectivity index (χ3n) is 4.41. The van der Waals surface area contributed by atoms with Crippen LogP contribution in [0.3, 0.4) is 0 Å². The Hall–Kier alpha value is -1.39. The van der Waals surface area contributed by atoms with E-state index in [1.165, 1.54) is 0 Å². The highest BCUT2D eigenvalue weighted by molar-refractivity contribution is 5.76. The van der Waals surface area contributed by atoms with E-state index in [2.05, 4.69) is 0 Å². The van der Waals surface area contributed by atoms with E-state index in [4.69, 9.17) is 5.73 Å². The molecule has 4 nitrogen and oxygen atoms in total. The Morgan fingerprint density at radius 3 is 2.52 bits per heavy atom. The Bertz CT molecular complexity index is 441. The molecule has 0 aliphatic carbocycles. The van der Waals surface area contributed by atoms with Crippen LogP contribution >= 0.6 is 0 Å². The first-order valence-electron chi connectivity index (χ1n) is 7.82. The second-order valence-corrected chi connectivity index (χ2v) is 6.12. The van der Waals surface area contributed by atoms with Crippen molar-refractivity contribution in [1.82, 2.24) is 4.90 Å². The van der Waals surface area contributed by atoms with Crippen LogP contribution in [-0.4, -0.2) is 35.5 Å². The van der Waals surface area contributed by atoms with Crippen molar-refractivity contribution < 1.29 is 9.90 Å². The summed E-state index contributed by atoms with van der Waals surface area (Å²) in [5, 5.41) is 10.4. The van der Waals surface area contributed by atoms with Gasteiger partial charge in [-0.3, -0.25) is 4.79 Å². The van der Waals surface area contributed by atoms with E-state index in [0.717, 1.165) is 31.5 Å². The smallest absolute Gasteiger partial charge is 0.222 e.